The van der Waals surface area contributed by atoms with Crippen molar-refractivity contribution in [3.8, 4) is 34.2 Å². The lowest BCUT2D eigenvalue weighted by Gasteiger charge is -2.11. The van der Waals surface area contributed by atoms with E-state index in [0.29, 0.717) is 28.6 Å². The Morgan fingerprint density at radius 3 is 2.24 bits per heavy atom. The minimum absolute atomic E-state index is 0.293. The van der Waals surface area contributed by atoms with Crippen molar-refractivity contribution < 1.29 is 4.42 Å². The van der Waals surface area contributed by atoms with Gasteiger partial charge in [0.1, 0.15) is 11.1 Å². The van der Waals surface area contributed by atoms with Gasteiger partial charge in [0.05, 0.1) is 0 Å². The highest BCUT2D eigenvalue weighted by atomic mass is 16.4. The first-order chi connectivity index (χ1) is 16.7. The Labute approximate surface area is 197 Å². The van der Waals surface area contributed by atoms with E-state index in [2.05, 4.69) is 23.3 Å². The molecule has 0 aliphatic carbocycles. The van der Waals surface area contributed by atoms with Crippen LogP contribution in [0.2, 0.25) is 0 Å². The normalized spacial score (nSPS) is 11.0. The van der Waals surface area contributed by atoms with E-state index >= 15 is 0 Å². The van der Waals surface area contributed by atoms with Crippen LogP contribution >= 0.6 is 0 Å². The molecule has 3 aromatic carbocycles. The number of aryl methyl sites for hydroxylation is 1. The maximum atomic E-state index is 13.0. The Hall–Kier alpha value is -4.32. The number of hydrogen-bond donors (Lipinski definition) is 1. The zero-order valence-corrected chi connectivity index (χ0v) is 19.1. The van der Waals surface area contributed by atoms with Crippen LogP contribution < -0.4 is 10.9 Å². The third-order valence-electron chi connectivity index (χ3n) is 5.66. The number of nitrogens with zero attached hydrogens (tertiary/aromatic N) is 3. The van der Waals surface area contributed by atoms with E-state index in [1.807, 2.05) is 73.7 Å². The molecule has 34 heavy (non-hydrogen) atoms. The van der Waals surface area contributed by atoms with Crippen LogP contribution in [0.1, 0.15) is 19.4 Å². The van der Waals surface area contributed by atoms with Crippen molar-refractivity contribution in [2.45, 2.75) is 20.3 Å². The number of fused-ring (bicyclic) bond motifs is 1. The molecule has 1 N–H and O–H groups in total. The SMILES string of the molecule is CCNc1ccc2cc(-c3nc(-c4ccccc4)nc(-c4ccccc4CC)n3)c(=O)oc2c1. The van der Waals surface area contributed by atoms with Gasteiger partial charge in [0.2, 0.25) is 0 Å². The largest absolute Gasteiger partial charge is 0.422 e. The van der Waals surface area contributed by atoms with Gasteiger partial charge < -0.3 is 9.73 Å². The van der Waals surface area contributed by atoms with Gasteiger partial charge in [-0.1, -0.05) is 61.5 Å². The number of benzene rings is 3. The summed E-state index contributed by atoms with van der Waals surface area (Å²) in [5.74, 6) is 1.33. The van der Waals surface area contributed by atoms with Crippen molar-refractivity contribution in [2.75, 3.05) is 11.9 Å². The first-order valence-corrected chi connectivity index (χ1v) is 11.4. The summed E-state index contributed by atoms with van der Waals surface area (Å²) in [6, 6.07) is 25.2. The van der Waals surface area contributed by atoms with Crippen molar-refractivity contribution >= 4 is 16.7 Å². The van der Waals surface area contributed by atoms with Crippen molar-refractivity contribution in [3.63, 3.8) is 0 Å². The Balaban J connectivity index is 1.72. The molecule has 5 aromatic rings. The van der Waals surface area contributed by atoms with Crippen molar-refractivity contribution in [2.24, 2.45) is 0 Å². The summed E-state index contributed by atoms with van der Waals surface area (Å²) in [5, 5.41) is 4.03. The highest BCUT2D eigenvalue weighted by molar-refractivity contribution is 5.83. The van der Waals surface area contributed by atoms with Gasteiger partial charge in [-0.05, 0) is 37.1 Å². The maximum absolute atomic E-state index is 13.0. The van der Waals surface area contributed by atoms with Gasteiger partial charge >= 0.3 is 5.63 Å². The van der Waals surface area contributed by atoms with Gasteiger partial charge in [-0.15, -0.1) is 0 Å². The van der Waals surface area contributed by atoms with Crippen LogP contribution in [0.5, 0.6) is 0 Å². The standard InChI is InChI=1S/C28H24N4O2/c1-3-18-10-8-9-13-22(18)26-30-25(19-11-6-5-7-12-19)31-27(32-26)23-16-20-14-15-21(29-4-2)17-24(20)34-28(23)33/h5-17,29H,3-4H2,1-2H3. The second kappa shape index (κ2) is 9.27. The average Bonchev–Trinajstić information content (AvgIpc) is 2.88. The highest BCUT2D eigenvalue weighted by Crippen LogP contribution is 2.27. The fourth-order valence-electron chi connectivity index (χ4n) is 3.96. The summed E-state index contributed by atoms with van der Waals surface area (Å²) in [4.78, 5) is 27.2. The maximum Gasteiger partial charge on any atom is 0.347 e. The lowest BCUT2D eigenvalue weighted by atomic mass is 10.0. The first-order valence-electron chi connectivity index (χ1n) is 11.4. The molecule has 5 rings (SSSR count). The topological polar surface area (TPSA) is 80.9 Å². The predicted molar refractivity (Wildman–Crippen MR) is 136 cm³/mol. The van der Waals surface area contributed by atoms with Crippen LogP contribution in [0.15, 0.2) is 88.1 Å². The summed E-state index contributed by atoms with van der Waals surface area (Å²) < 4.78 is 5.67. The zero-order chi connectivity index (χ0) is 23.5. The molecule has 2 heterocycles. The molecule has 2 aromatic heterocycles. The molecule has 6 nitrogen and oxygen atoms in total. The van der Waals surface area contributed by atoms with Crippen LogP contribution in [-0.4, -0.2) is 21.5 Å². The number of rotatable bonds is 6. The summed E-state index contributed by atoms with van der Waals surface area (Å²) >= 11 is 0. The van der Waals surface area contributed by atoms with Gasteiger partial charge in [0, 0.05) is 34.8 Å². The van der Waals surface area contributed by atoms with Crippen LogP contribution in [0, 0.1) is 0 Å². The van der Waals surface area contributed by atoms with E-state index in [0.717, 1.165) is 40.7 Å². The van der Waals surface area contributed by atoms with E-state index in [9.17, 15) is 4.79 Å². The highest BCUT2D eigenvalue weighted by Gasteiger charge is 2.17. The zero-order valence-electron chi connectivity index (χ0n) is 19.1. The predicted octanol–water partition coefficient (Wildman–Crippen LogP) is 5.97. The lowest BCUT2D eigenvalue weighted by Crippen LogP contribution is -2.08. The molecule has 0 saturated carbocycles. The molecule has 0 unspecified atom stereocenters. The Morgan fingerprint density at radius 1 is 0.765 bits per heavy atom. The van der Waals surface area contributed by atoms with Crippen molar-refractivity contribution in [3.05, 3.63) is 94.8 Å². The molecule has 0 spiro atoms. The first kappa shape index (κ1) is 21.5. The second-order valence-corrected chi connectivity index (χ2v) is 7.91. The van der Waals surface area contributed by atoms with E-state index < -0.39 is 5.63 Å². The molecule has 0 saturated heterocycles. The number of aromatic nitrogens is 3. The molecule has 0 radical (unpaired) electrons. The van der Waals surface area contributed by atoms with Crippen molar-refractivity contribution in [1.29, 1.82) is 0 Å². The summed E-state index contributed by atoms with van der Waals surface area (Å²) in [7, 11) is 0. The quantitative estimate of drug-likeness (QED) is 0.322. The Kier molecular flexibility index (Phi) is 5.87. The third-order valence-corrected chi connectivity index (χ3v) is 5.66. The minimum atomic E-state index is -0.485. The average molecular weight is 449 g/mol. The fourth-order valence-corrected chi connectivity index (χ4v) is 3.96. The molecule has 6 heteroatoms. The molecule has 0 aliphatic heterocycles. The molecule has 0 amide bonds. The molecule has 168 valence electrons. The van der Waals surface area contributed by atoms with E-state index in [4.69, 9.17) is 14.4 Å². The molecular weight excluding hydrogens is 424 g/mol. The molecule has 0 aliphatic rings. The Bertz CT molecular complexity index is 1530. The molecule has 0 atom stereocenters. The van der Waals surface area contributed by atoms with Crippen LogP contribution in [-0.2, 0) is 6.42 Å². The summed E-state index contributed by atoms with van der Waals surface area (Å²) in [5.41, 5.74) is 4.13. The van der Waals surface area contributed by atoms with Crippen molar-refractivity contribution in [1.82, 2.24) is 15.0 Å². The molecule has 0 fully saturated rings. The van der Waals surface area contributed by atoms with E-state index in [-0.39, 0.29) is 0 Å². The van der Waals surface area contributed by atoms with Crippen LogP contribution in [0.25, 0.3) is 45.1 Å². The van der Waals surface area contributed by atoms with E-state index in [1.54, 1.807) is 6.07 Å². The lowest BCUT2D eigenvalue weighted by molar-refractivity contribution is 0.563. The van der Waals surface area contributed by atoms with Gasteiger partial charge in [0.15, 0.2) is 17.5 Å². The number of nitrogens with one attached hydrogen (secondary N) is 1. The minimum Gasteiger partial charge on any atom is -0.422 e. The van der Waals surface area contributed by atoms with Crippen LogP contribution in [0.3, 0.4) is 0 Å². The number of hydrogen-bond acceptors (Lipinski definition) is 6. The number of anilines is 1. The third kappa shape index (κ3) is 4.18. The molecular formula is C28H24N4O2. The van der Waals surface area contributed by atoms with Crippen LogP contribution in [0.4, 0.5) is 5.69 Å². The van der Waals surface area contributed by atoms with E-state index in [1.165, 1.54) is 0 Å². The summed E-state index contributed by atoms with van der Waals surface area (Å²) in [6.45, 7) is 4.89. The molecule has 0 bridgehead atoms. The second-order valence-electron chi connectivity index (χ2n) is 7.91. The van der Waals surface area contributed by atoms with Gasteiger partial charge in [0.25, 0.3) is 0 Å². The van der Waals surface area contributed by atoms with Gasteiger partial charge in [-0.2, -0.15) is 0 Å². The summed E-state index contributed by atoms with van der Waals surface area (Å²) in [6.07, 6.45) is 0.837. The monoisotopic (exact) mass is 448 g/mol. The van der Waals surface area contributed by atoms with Gasteiger partial charge in [-0.25, -0.2) is 19.7 Å². The smallest absolute Gasteiger partial charge is 0.347 e. The Morgan fingerprint density at radius 2 is 1.47 bits per heavy atom. The fraction of sp³-hybridized carbons (Fsp3) is 0.143. The van der Waals surface area contributed by atoms with Gasteiger partial charge in [-0.3, -0.25) is 0 Å².